The Kier molecular flexibility index (Phi) is 5.32. The first-order valence-electron chi connectivity index (χ1n) is 10.2. The van der Waals surface area contributed by atoms with Crippen LogP contribution in [-0.2, 0) is 24.1 Å². The second kappa shape index (κ2) is 8.11. The van der Waals surface area contributed by atoms with Crippen LogP contribution in [0.2, 0.25) is 0 Å². The van der Waals surface area contributed by atoms with Gasteiger partial charge >= 0.3 is 6.09 Å². The summed E-state index contributed by atoms with van der Waals surface area (Å²) in [7, 11) is 0. The maximum Gasteiger partial charge on any atom is 0.409 e. The van der Waals surface area contributed by atoms with E-state index in [-0.39, 0.29) is 11.7 Å². The number of hydrogen-bond acceptors (Lipinski definition) is 7. The maximum atomic E-state index is 13.6. The molecule has 30 heavy (non-hydrogen) atoms. The number of furan rings is 1. The SMILES string of the molecule is CC1CCc2c(sc3nc(SCCN4CCOC4=O)n(Cc4ccco4)c(=O)c23)C1. The topological polar surface area (TPSA) is 77.6 Å². The number of carbonyl (C=O) groups excluding carboxylic acids is 1. The van der Waals surface area contributed by atoms with Gasteiger partial charge < -0.3 is 14.1 Å². The molecule has 3 aromatic heterocycles. The molecule has 1 atom stereocenters. The molecule has 0 saturated carbocycles. The second-order valence-electron chi connectivity index (χ2n) is 7.85. The van der Waals surface area contributed by atoms with Crippen molar-refractivity contribution in [2.45, 2.75) is 37.9 Å². The Morgan fingerprint density at radius 3 is 3.03 bits per heavy atom. The van der Waals surface area contributed by atoms with Gasteiger partial charge in [-0.05, 0) is 42.9 Å². The van der Waals surface area contributed by atoms with Crippen molar-refractivity contribution in [1.29, 1.82) is 0 Å². The van der Waals surface area contributed by atoms with Gasteiger partial charge in [-0.1, -0.05) is 18.7 Å². The smallest absolute Gasteiger partial charge is 0.409 e. The Morgan fingerprint density at radius 1 is 1.37 bits per heavy atom. The lowest BCUT2D eigenvalue weighted by Gasteiger charge is -2.17. The number of aromatic nitrogens is 2. The molecule has 0 aromatic carbocycles. The maximum absolute atomic E-state index is 13.6. The zero-order chi connectivity index (χ0) is 20.7. The molecule has 1 amide bonds. The highest BCUT2D eigenvalue weighted by Crippen LogP contribution is 2.36. The molecule has 0 spiro atoms. The molecule has 4 heterocycles. The van der Waals surface area contributed by atoms with Crippen LogP contribution in [0.1, 0.15) is 29.5 Å². The molecule has 3 aromatic rings. The van der Waals surface area contributed by atoms with E-state index < -0.39 is 0 Å². The number of thioether (sulfide) groups is 1. The number of nitrogens with zero attached hydrogens (tertiary/aromatic N) is 3. The standard InChI is InChI=1S/C21H23N3O4S2/c1-13-4-5-15-16(11-13)30-18-17(15)19(25)24(12-14-3-2-8-27-14)20(22-18)29-10-7-23-6-9-28-21(23)26/h2-3,8,13H,4-7,9-12H2,1H3. The quantitative estimate of drug-likeness (QED) is 0.425. The highest BCUT2D eigenvalue weighted by Gasteiger charge is 2.26. The lowest BCUT2D eigenvalue weighted by atomic mass is 9.89. The van der Waals surface area contributed by atoms with Crippen LogP contribution in [0, 0.1) is 5.92 Å². The first-order valence-corrected chi connectivity index (χ1v) is 12.0. The van der Waals surface area contributed by atoms with Gasteiger partial charge in [0.2, 0.25) is 0 Å². The summed E-state index contributed by atoms with van der Waals surface area (Å²) in [4.78, 5) is 33.9. The fraction of sp³-hybridized carbons (Fsp3) is 0.476. The Labute approximate surface area is 182 Å². The normalized spacial score (nSPS) is 18.8. The van der Waals surface area contributed by atoms with Crippen molar-refractivity contribution in [3.05, 3.63) is 45.0 Å². The fourth-order valence-corrected chi connectivity index (χ4v) is 6.47. The van der Waals surface area contributed by atoms with Crippen molar-refractivity contribution >= 4 is 39.4 Å². The van der Waals surface area contributed by atoms with Gasteiger partial charge in [0.25, 0.3) is 5.56 Å². The first-order chi connectivity index (χ1) is 14.6. The average molecular weight is 446 g/mol. The minimum Gasteiger partial charge on any atom is -0.467 e. The van der Waals surface area contributed by atoms with Crippen molar-refractivity contribution in [2.24, 2.45) is 5.92 Å². The van der Waals surface area contributed by atoms with E-state index in [4.69, 9.17) is 14.1 Å². The van der Waals surface area contributed by atoms with E-state index in [1.165, 1.54) is 22.2 Å². The summed E-state index contributed by atoms with van der Waals surface area (Å²) in [5.41, 5.74) is 1.20. The first kappa shape index (κ1) is 19.7. The van der Waals surface area contributed by atoms with Crippen LogP contribution >= 0.6 is 23.1 Å². The number of cyclic esters (lactones) is 1. The molecule has 2 aliphatic rings. The van der Waals surface area contributed by atoms with Crippen molar-refractivity contribution in [1.82, 2.24) is 14.5 Å². The third-order valence-corrected chi connectivity index (χ3v) is 7.82. The van der Waals surface area contributed by atoms with Crippen LogP contribution in [0.3, 0.4) is 0 Å². The van der Waals surface area contributed by atoms with Crippen LogP contribution in [0.5, 0.6) is 0 Å². The van der Waals surface area contributed by atoms with E-state index in [1.54, 1.807) is 27.1 Å². The van der Waals surface area contributed by atoms with Gasteiger partial charge in [0.15, 0.2) is 5.16 Å². The third-order valence-electron chi connectivity index (χ3n) is 5.71. The summed E-state index contributed by atoms with van der Waals surface area (Å²) in [5.74, 6) is 2.01. The van der Waals surface area contributed by atoms with Gasteiger partial charge in [0.1, 0.15) is 17.2 Å². The van der Waals surface area contributed by atoms with Gasteiger partial charge in [0, 0.05) is 17.2 Å². The van der Waals surface area contributed by atoms with Gasteiger partial charge in [0.05, 0.1) is 24.7 Å². The van der Waals surface area contributed by atoms with Crippen LogP contribution in [-0.4, -0.2) is 46.0 Å². The summed E-state index contributed by atoms with van der Waals surface area (Å²) in [6.45, 7) is 4.23. The number of rotatable bonds is 6. The predicted molar refractivity (Wildman–Crippen MR) is 117 cm³/mol. The molecule has 7 nitrogen and oxygen atoms in total. The predicted octanol–water partition coefficient (Wildman–Crippen LogP) is 3.77. The number of fused-ring (bicyclic) bond motifs is 3. The molecule has 1 unspecified atom stereocenters. The van der Waals surface area contributed by atoms with E-state index in [0.717, 1.165) is 35.2 Å². The summed E-state index contributed by atoms with van der Waals surface area (Å²) in [6.07, 6.45) is 4.42. The monoisotopic (exact) mass is 445 g/mol. The van der Waals surface area contributed by atoms with E-state index >= 15 is 0 Å². The lowest BCUT2D eigenvalue weighted by molar-refractivity contribution is 0.160. The van der Waals surface area contributed by atoms with E-state index in [1.807, 2.05) is 12.1 Å². The molecule has 1 saturated heterocycles. The summed E-state index contributed by atoms with van der Waals surface area (Å²) in [5, 5.41) is 1.45. The highest BCUT2D eigenvalue weighted by atomic mass is 32.2. The largest absolute Gasteiger partial charge is 0.467 e. The zero-order valence-corrected chi connectivity index (χ0v) is 18.4. The molecular formula is C21H23N3O4S2. The minimum absolute atomic E-state index is 0.00605. The molecule has 0 radical (unpaired) electrons. The molecular weight excluding hydrogens is 422 g/mol. The number of amides is 1. The van der Waals surface area contributed by atoms with Gasteiger partial charge in [-0.2, -0.15) is 0 Å². The minimum atomic E-state index is -0.271. The van der Waals surface area contributed by atoms with Gasteiger partial charge in [-0.3, -0.25) is 9.36 Å². The fourth-order valence-electron chi connectivity index (χ4n) is 4.09. The van der Waals surface area contributed by atoms with Crippen LogP contribution < -0.4 is 5.56 Å². The lowest BCUT2D eigenvalue weighted by Crippen LogP contribution is -2.28. The number of carbonyl (C=O) groups is 1. The van der Waals surface area contributed by atoms with E-state index in [0.29, 0.717) is 43.1 Å². The number of thiophene rings is 1. The van der Waals surface area contributed by atoms with Crippen molar-refractivity contribution in [3.8, 4) is 0 Å². The zero-order valence-electron chi connectivity index (χ0n) is 16.8. The molecule has 1 aliphatic heterocycles. The van der Waals surface area contributed by atoms with E-state index in [9.17, 15) is 9.59 Å². The molecule has 0 N–H and O–H groups in total. The van der Waals surface area contributed by atoms with Crippen molar-refractivity contribution < 1.29 is 13.9 Å². The third kappa shape index (κ3) is 3.65. The van der Waals surface area contributed by atoms with Crippen LogP contribution in [0.15, 0.2) is 32.8 Å². The van der Waals surface area contributed by atoms with Crippen LogP contribution in [0.4, 0.5) is 4.79 Å². The Balaban J connectivity index is 1.50. The molecule has 0 bridgehead atoms. The average Bonchev–Trinajstić information content (AvgIpc) is 3.45. The molecule has 5 rings (SSSR count). The Morgan fingerprint density at radius 2 is 2.27 bits per heavy atom. The second-order valence-corrected chi connectivity index (χ2v) is 9.99. The Bertz CT molecular complexity index is 1140. The highest BCUT2D eigenvalue weighted by molar-refractivity contribution is 7.99. The number of aryl methyl sites for hydroxylation is 1. The van der Waals surface area contributed by atoms with Crippen LogP contribution in [0.25, 0.3) is 10.2 Å². The molecule has 9 heteroatoms. The van der Waals surface area contributed by atoms with Crippen molar-refractivity contribution in [2.75, 3.05) is 25.4 Å². The van der Waals surface area contributed by atoms with E-state index in [2.05, 4.69) is 6.92 Å². The molecule has 1 fully saturated rings. The molecule has 1 aliphatic carbocycles. The number of ether oxygens (including phenoxy) is 1. The summed E-state index contributed by atoms with van der Waals surface area (Å²) in [6, 6.07) is 3.70. The summed E-state index contributed by atoms with van der Waals surface area (Å²) >= 11 is 3.16. The summed E-state index contributed by atoms with van der Waals surface area (Å²) < 4.78 is 12.2. The van der Waals surface area contributed by atoms with Gasteiger partial charge in [-0.25, -0.2) is 9.78 Å². The molecule has 158 valence electrons. The van der Waals surface area contributed by atoms with Crippen molar-refractivity contribution in [3.63, 3.8) is 0 Å². The number of hydrogen-bond donors (Lipinski definition) is 0. The van der Waals surface area contributed by atoms with Gasteiger partial charge in [-0.15, -0.1) is 11.3 Å². The Hall–Kier alpha value is -2.26.